The number of halogens is 2. The van der Waals surface area contributed by atoms with Crippen LogP contribution < -0.4 is 10.2 Å². The Balaban J connectivity index is 1.49. The lowest BCUT2D eigenvalue weighted by Crippen LogP contribution is -2.24. The number of nitrogens with zero attached hydrogens (tertiary/aromatic N) is 1. The van der Waals surface area contributed by atoms with Gasteiger partial charge in [-0.1, -0.05) is 36.6 Å². The van der Waals surface area contributed by atoms with Crippen molar-refractivity contribution >= 4 is 29.1 Å². The van der Waals surface area contributed by atoms with E-state index in [1.54, 1.807) is 17.8 Å². The Morgan fingerprint density at radius 2 is 1.79 bits per heavy atom. The second-order valence-corrected chi connectivity index (χ2v) is 9.13. The van der Waals surface area contributed by atoms with E-state index in [1.807, 2.05) is 12.1 Å². The molecule has 0 atom stereocenters. The van der Waals surface area contributed by atoms with Crippen LogP contribution in [-0.2, 0) is 18.6 Å². The molecule has 150 valence electrons. The Labute approximate surface area is 176 Å². The number of rotatable bonds is 4. The maximum Gasteiger partial charge on any atom is 0.146 e. The van der Waals surface area contributed by atoms with Crippen LogP contribution >= 0.6 is 23.4 Å². The van der Waals surface area contributed by atoms with Crippen LogP contribution in [0.1, 0.15) is 42.4 Å². The largest absolute Gasteiger partial charge is 0.369 e. The van der Waals surface area contributed by atoms with Crippen molar-refractivity contribution in [1.29, 1.82) is 0 Å². The average molecular weight is 419 g/mol. The molecular formula is C23H28ClFN2S. The first kappa shape index (κ1) is 20.1. The molecule has 0 spiro atoms. The number of thioether (sulfide) groups is 1. The highest BCUT2D eigenvalue weighted by Gasteiger charge is 2.17. The maximum absolute atomic E-state index is 14.8. The second-order valence-electron chi connectivity index (χ2n) is 7.74. The van der Waals surface area contributed by atoms with Gasteiger partial charge in [0.05, 0.1) is 10.7 Å². The third-order valence-electron chi connectivity index (χ3n) is 5.77. The zero-order chi connectivity index (χ0) is 19.3. The fraction of sp³-hybridized carbons (Fsp3) is 0.478. The lowest BCUT2D eigenvalue weighted by molar-refractivity contribution is 0.615. The van der Waals surface area contributed by atoms with E-state index < -0.39 is 0 Å². The van der Waals surface area contributed by atoms with Crippen molar-refractivity contribution in [3.8, 4) is 0 Å². The Bertz CT molecular complexity index is 818. The molecule has 2 heterocycles. The molecule has 2 aliphatic heterocycles. The van der Waals surface area contributed by atoms with Crippen LogP contribution in [0.3, 0.4) is 0 Å². The second kappa shape index (κ2) is 9.51. The smallest absolute Gasteiger partial charge is 0.146 e. The molecule has 1 saturated heterocycles. The first-order valence-electron chi connectivity index (χ1n) is 10.4. The van der Waals surface area contributed by atoms with Crippen LogP contribution in [0.2, 0.25) is 5.02 Å². The summed E-state index contributed by atoms with van der Waals surface area (Å²) in [4.78, 5) is 3.38. The van der Waals surface area contributed by atoms with Crippen LogP contribution in [0.4, 0.5) is 10.1 Å². The molecule has 0 radical (unpaired) electrons. The van der Waals surface area contributed by atoms with Gasteiger partial charge >= 0.3 is 0 Å². The Hall–Kier alpha value is -1.23. The van der Waals surface area contributed by atoms with Gasteiger partial charge in [0.2, 0.25) is 0 Å². The van der Waals surface area contributed by atoms with E-state index in [4.69, 9.17) is 11.6 Å². The molecular weight excluding hydrogens is 391 g/mol. The van der Waals surface area contributed by atoms with E-state index in [-0.39, 0.29) is 5.82 Å². The van der Waals surface area contributed by atoms with Gasteiger partial charge in [0.25, 0.3) is 0 Å². The molecule has 1 N–H and O–H groups in total. The fourth-order valence-corrected chi connectivity index (χ4v) is 5.67. The van der Waals surface area contributed by atoms with Gasteiger partial charge in [-0.25, -0.2) is 4.39 Å². The molecule has 0 aromatic heterocycles. The Kier molecular flexibility index (Phi) is 6.81. The van der Waals surface area contributed by atoms with E-state index in [2.05, 4.69) is 22.3 Å². The van der Waals surface area contributed by atoms with Gasteiger partial charge in [-0.3, -0.25) is 0 Å². The van der Waals surface area contributed by atoms with Gasteiger partial charge in [-0.2, -0.15) is 0 Å². The summed E-state index contributed by atoms with van der Waals surface area (Å²) in [5.41, 5.74) is 4.53. The topological polar surface area (TPSA) is 15.3 Å². The minimum Gasteiger partial charge on any atom is -0.369 e. The summed E-state index contributed by atoms with van der Waals surface area (Å²) >= 11 is 8.27. The number of nitrogens with one attached hydrogen (secondary N) is 1. The van der Waals surface area contributed by atoms with Crippen LogP contribution in [0.25, 0.3) is 0 Å². The minimum atomic E-state index is -0.0952. The lowest BCUT2D eigenvalue weighted by atomic mass is 10.0. The molecule has 2 aromatic rings. The van der Waals surface area contributed by atoms with Gasteiger partial charge in [0.15, 0.2) is 0 Å². The normalized spacial score (nSPS) is 17.7. The maximum atomic E-state index is 14.8. The summed E-state index contributed by atoms with van der Waals surface area (Å²) in [6.07, 6.45) is 6.86. The van der Waals surface area contributed by atoms with Gasteiger partial charge in [-0.05, 0) is 73.7 Å². The van der Waals surface area contributed by atoms with E-state index in [1.165, 1.54) is 28.9 Å². The number of fused-ring (bicyclic) bond motifs is 1. The van der Waals surface area contributed by atoms with Crippen molar-refractivity contribution in [3.05, 3.63) is 57.9 Å². The third kappa shape index (κ3) is 4.67. The molecule has 4 rings (SSSR count). The SMILES string of the molecule is Fc1cc(CSc2c(Cl)ccc3c2CCNCC3)ccc1N1CCCCCC1. The van der Waals surface area contributed by atoms with Gasteiger partial charge < -0.3 is 10.2 Å². The molecule has 28 heavy (non-hydrogen) atoms. The van der Waals surface area contributed by atoms with Crippen molar-refractivity contribution in [1.82, 2.24) is 5.32 Å². The zero-order valence-electron chi connectivity index (χ0n) is 16.3. The average Bonchev–Trinajstić information content (AvgIpc) is 3.10. The summed E-state index contributed by atoms with van der Waals surface area (Å²) in [7, 11) is 0. The fourth-order valence-electron chi connectivity index (χ4n) is 4.23. The molecule has 5 heteroatoms. The van der Waals surface area contributed by atoms with Crippen LogP contribution in [0, 0.1) is 5.82 Å². The highest BCUT2D eigenvalue weighted by Crippen LogP contribution is 2.36. The van der Waals surface area contributed by atoms with Crippen molar-refractivity contribution in [2.45, 2.75) is 49.2 Å². The van der Waals surface area contributed by atoms with Gasteiger partial charge in [0, 0.05) is 23.7 Å². The quantitative estimate of drug-likeness (QED) is 0.628. The van der Waals surface area contributed by atoms with Crippen LogP contribution in [-0.4, -0.2) is 26.2 Å². The van der Waals surface area contributed by atoms with Crippen molar-refractivity contribution in [2.24, 2.45) is 0 Å². The van der Waals surface area contributed by atoms with E-state index in [9.17, 15) is 4.39 Å². The van der Waals surface area contributed by atoms with Crippen LogP contribution in [0.5, 0.6) is 0 Å². The number of anilines is 1. The monoisotopic (exact) mass is 418 g/mol. The molecule has 0 amide bonds. The van der Waals surface area contributed by atoms with Crippen molar-refractivity contribution < 1.29 is 4.39 Å². The summed E-state index contributed by atoms with van der Waals surface area (Å²) in [6.45, 7) is 3.93. The van der Waals surface area contributed by atoms with Crippen LogP contribution in [0.15, 0.2) is 35.2 Å². The predicted octanol–water partition coefficient (Wildman–Crippen LogP) is 5.84. The number of hydrogen-bond acceptors (Lipinski definition) is 3. The molecule has 0 bridgehead atoms. The molecule has 0 unspecified atom stereocenters. The number of hydrogen-bond donors (Lipinski definition) is 1. The Morgan fingerprint density at radius 1 is 1.00 bits per heavy atom. The Morgan fingerprint density at radius 3 is 2.57 bits per heavy atom. The summed E-state index contributed by atoms with van der Waals surface area (Å²) in [6, 6.07) is 9.92. The molecule has 0 saturated carbocycles. The summed E-state index contributed by atoms with van der Waals surface area (Å²) < 4.78 is 14.8. The zero-order valence-corrected chi connectivity index (χ0v) is 17.8. The third-order valence-corrected chi connectivity index (χ3v) is 7.43. The molecule has 1 fully saturated rings. The van der Waals surface area contributed by atoms with Gasteiger partial charge in [0.1, 0.15) is 5.82 Å². The van der Waals surface area contributed by atoms with E-state index >= 15 is 0 Å². The summed E-state index contributed by atoms with van der Waals surface area (Å²) in [5.74, 6) is 0.642. The van der Waals surface area contributed by atoms with Crippen molar-refractivity contribution in [2.75, 3.05) is 31.1 Å². The highest BCUT2D eigenvalue weighted by molar-refractivity contribution is 7.98. The van der Waals surface area contributed by atoms with Crippen molar-refractivity contribution in [3.63, 3.8) is 0 Å². The molecule has 2 nitrogen and oxygen atoms in total. The molecule has 0 aliphatic carbocycles. The minimum absolute atomic E-state index is 0.0952. The van der Waals surface area contributed by atoms with E-state index in [0.717, 1.165) is 73.9 Å². The summed E-state index contributed by atoms with van der Waals surface area (Å²) in [5, 5.41) is 4.27. The number of benzene rings is 2. The molecule has 2 aromatic carbocycles. The first-order valence-corrected chi connectivity index (χ1v) is 11.8. The standard InChI is InChI=1S/C23H28ClFN2S/c24-20-7-6-18-9-11-26-12-10-19(18)23(20)28-16-17-5-8-22(21(25)15-17)27-13-3-1-2-4-14-27/h5-8,15,26H,1-4,9-14,16H2. The van der Waals surface area contributed by atoms with Gasteiger partial charge in [-0.15, -0.1) is 11.8 Å². The highest BCUT2D eigenvalue weighted by atomic mass is 35.5. The predicted molar refractivity (Wildman–Crippen MR) is 118 cm³/mol. The first-order chi connectivity index (χ1) is 13.7. The lowest BCUT2D eigenvalue weighted by Gasteiger charge is -2.23. The molecule has 2 aliphatic rings. The van der Waals surface area contributed by atoms with E-state index in [0.29, 0.717) is 0 Å².